The lowest BCUT2D eigenvalue weighted by atomic mass is 10.1. The molecule has 1 heterocycles. The maximum Gasteiger partial charge on any atom is 0.125 e. The van der Waals surface area contributed by atoms with Crippen LogP contribution >= 0.6 is 15.9 Å². The molecule has 0 atom stereocenters. The lowest BCUT2D eigenvalue weighted by Gasteiger charge is -2.10. The maximum absolute atomic E-state index is 5.39. The highest BCUT2D eigenvalue weighted by Crippen LogP contribution is 2.26. The summed E-state index contributed by atoms with van der Waals surface area (Å²) in [5, 5.41) is 0. The van der Waals surface area contributed by atoms with Gasteiger partial charge < -0.3 is 14.0 Å². The minimum Gasteiger partial charge on any atom is -0.497 e. The molecule has 0 saturated heterocycles. The fraction of sp³-hybridized carbons (Fsp3) is 0.357. The van der Waals surface area contributed by atoms with Gasteiger partial charge in [0.15, 0.2) is 0 Å². The second-order valence-electron chi connectivity index (χ2n) is 4.27. The Morgan fingerprint density at radius 1 is 1.21 bits per heavy atom. The van der Waals surface area contributed by atoms with Gasteiger partial charge in [0.1, 0.15) is 16.1 Å². The number of halogens is 1. The van der Waals surface area contributed by atoms with E-state index in [0.717, 1.165) is 40.2 Å². The second-order valence-corrected chi connectivity index (χ2v) is 5.02. The van der Waals surface area contributed by atoms with E-state index < -0.39 is 0 Å². The number of aryl methyl sites for hydroxylation is 3. The Balaban J connectivity index is 2.13. The van der Waals surface area contributed by atoms with E-state index in [9.17, 15) is 0 Å². The number of benzene rings is 1. The van der Waals surface area contributed by atoms with Crippen LogP contribution in [0.3, 0.4) is 0 Å². The van der Waals surface area contributed by atoms with Crippen molar-refractivity contribution in [2.45, 2.75) is 12.8 Å². The van der Waals surface area contributed by atoms with Crippen LogP contribution in [0.2, 0.25) is 0 Å². The predicted octanol–water partition coefficient (Wildman–Crippen LogP) is 2.99. The van der Waals surface area contributed by atoms with Crippen molar-refractivity contribution in [2.75, 3.05) is 14.2 Å². The summed E-state index contributed by atoms with van der Waals surface area (Å²) in [5.41, 5.74) is 2.21. The van der Waals surface area contributed by atoms with Crippen molar-refractivity contribution >= 4 is 15.9 Å². The highest BCUT2D eigenvalue weighted by Gasteiger charge is 2.09. The first kappa shape index (κ1) is 13.9. The molecule has 1 aromatic carbocycles. The number of imidazole rings is 1. The molecule has 0 saturated carbocycles. The third-order valence-electron chi connectivity index (χ3n) is 3.06. The first-order chi connectivity index (χ1) is 9.15. The molecule has 1 aromatic heterocycles. The monoisotopic (exact) mass is 324 g/mol. The summed E-state index contributed by atoms with van der Waals surface area (Å²) in [7, 11) is 5.29. The molecular weight excluding hydrogens is 308 g/mol. The maximum atomic E-state index is 5.39. The van der Waals surface area contributed by atoms with Gasteiger partial charge in [-0.05, 0) is 40.4 Å². The van der Waals surface area contributed by atoms with Crippen LogP contribution in [0.5, 0.6) is 11.5 Å². The Morgan fingerprint density at radius 3 is 2.58 bits per heavy atom. The number of nitrogens with zero attached hydrogens (tertiary/aromatic N) is 2. The van der Waals surface area contributed by atoms with Crippen LogP contribution in [0.15, 0.2) is 29.1 Å². The van der Waals surface area contributed by atoms with Crippen molar-refractivity contribution in [1.82, 2.24) is 9.55 Å². The topological polar surface area (TPSA) is 36.3 Å². The van der Waals surface area contributed by atoms with Crippen LogP contribution in [0.25, 0.3) is 0 Å². The van der Waals surface area contributed by atoms with Gasteiger partial charge in [0, 0.05) is 13.1 Å². The highest BCUT2D eigenvalue weighted by molar-refractivity contribution is 9.10. The van der Waals surface area contributed by atoms with Gasteiger partial charge in [-0.15, -0.1) is 0 Å². The first-order valence-corrected chi connectivity index (χ1v) is 6.81. The van der Waals surface area contributed by atoms with E-state index in [4.69, 9.17) is 9.47 Å². The van der Waals surface area contributed by atoms with E-state index in [-0.39, 0.29) is 0 Å². The van der Waals surface area contributed by atoms with Crippen LogP contribution < -0.4 is 9.47 Å². The van der Waals surface area contributed by atoms with Gasteiger partial charge in [0.25, 0.3) is 0 Å². The molecule has 5 heteroatoms. The number of aromatic nitrogens is 2. The smallest absolute Gasteiger partial charge is 0.125 e. The molecule has 0 N–H and O–H groups in total. The number of hydrogen-bond acceptors (Lipinski definition) is 3. The Kier molecular flexibility index (Phi) is 4.47. The van der Waals surface area contributed by atoms with E-state index in [1.54, 1.807) is 14.2 Å². The van der Waals surface area contributed by atoms with Crippen molar-refractivity contribution in [3.8, 4) is 11.5 Å². The lowest BCUT2D eigenvalue weighted by Crippen LogP contribution is -1.97. The highest BCUT2D eigenvalue weighted by atomic mass is 79.9. The molecule has 0 fully saturated rings. The Hall–Kier alpha value is -1.49. The molecule has 0 radical (unpaired) electrons. The van der Waals surface area contributed by atoms with E-state index in [0.29, 0.717) is 0 Å². The molecule has 2 rings (SSSR count). The van der Waals surface area contributed by atoms with Gasteiger partial charge in [-0.25, -0.2) is 4.98 Å². The molecule has 2 aromatic rings. The third-order valence-corrected chi connectivity index (χ3v) is 4.08. The molecule has 0 aliphatic carbocycles. The molecular formula is C14H17BrN2O2. The normalized spacial score (nSPS) is 10.5. The van der Waals surface area contributed by atoms with E-state index in [1.807, 2.05) is 36.1 Å². The minimum absolute atomic E-state index is 0.805. The average Bonchev–Trinajstić information content (AvgIpc) is 2.76. The number of hydrogen-bond donors (Lipinski definition) is 0. The van der Waals surface area contributed by atoms with Crippen LogP contribution in [0.1, 0.15) is 11.3 Å². The van der Waals surface area contributed by atoms with Crippen molar-refractivity contribution < 1.29 is 9.47 Å². The van der Waals surface area contributed by atoms with E-state index in [2.05, 4.69) is 20.9 Å². The summed E-state index contributed by atoms with van der Waals surface area (Å²) >= 11 is 3.53. The average molecular weight is 325 g/mol. The Bertz CT molecular complexity index is 567. The molecule has 19 heavy (non-hydrogen) atoms. The third kappa shape index (κ3) is 3.10. The Morgan fingerprint density at radius 2 is 2.00 bits per heavy atom. The van der Waals surface area contributed by atoms with Crippen LogP contribution in [0.4, 0.5) is 0 Å². The zero-order valence-corrected chi connectivity index (χ0v) is 12.9. The lowest BCUT2D eigenvalue weighted by molar-refractivity contribution is 0.391. The molecule has 0 aliphatic heterocycles. The number of methoxy groups -OCH3 is 2. The van der Waals surface area contributed by atoms with Crippen molar-refractivity contribution in [3.63, 3.8) is 0 Å². The second kappa shape index (κ2) is 6.10. The molecule has 0 unspecified atom stereocenters. The SMILES string of the molecule is COc1ccc(CCc2ncn(C)c2Br)c(OC)c1. The summed E-state index contributed by atoms with van der Waals surface area (Å²) in [4.78, 5) is 4.37. The fourth-order valence-electron chi connectivity index (χ4n) is 1.94. The van der Waals surface area contributed by atoms with Crippen LogP contribution in [-0.4, -0.2) is 23.8 Å². The minimum atomic E-state index is 0.805. The summed E-state index contributed by atoms with van der Waals surface area (Å²) in [5.74, 6) is 1.66. The standard InChI is InChI=1S/C14H17BrN2O2/c1-17-9-16-12(14(17)15)7-5-10-4-6-11(18-2)8-13(10)19-3/h4,6,8-9H,5,7H2,1-3H3. The predicted molar refractivity (Wildman–Crippen MR) is 77.9 cm³/mol. The molecule has 0 amide bonds. The van der Waals surface area contributed by atoms with Crippen molar-refractivity contribution in [2.24, 2.45) is 7.05 Å². The largest absolute Gasteiger partial charge is 0.497 e. The van der Waals surface area contributed by atoms with Crippen LogP contribution in [-0.2, 0) is 19.9 Å². The quantitative estimate of drug-likeness (QED) is 0.848. The summed E-state index contributed by atoms with van der Waals surface area (Å²) in [6.45, 7) is 0. The fourth-order valence-corrected chi connectivity index (χ4v) is 2.34. The van der Waals surface area contributed by atoms with Gasteiger partial charge >= 0.3 is 0 Å². The molecule has 0 bridgehead atoms. The number of rotatable bonds is 5. The first-order valence-electron chi connectivity index (χ1n) is 6.02. The van der Waals surface area contributed by atoms with Gasteiger partial charge in [0.2, 0.25) is 0 Å². The Labute approximate surface area is 121 Å². The number of ether oxygens (including phenoxy) is 2. The van der Waals surface area contributed by atoms with E-state index in [1.165, 1.54) is 0 Å². The van der Waals surface area contributed by atoms with Crippen molar-refractivity contribution in [1.29, 1.82) is 0 Å². The van der Waals surface area contributed by atoms with Gasteiger partial charge in [-0.1, -0.05) is 6.07 Å². The summed E-state index contributed by atoms with van der Waals surface area (Å²) in [6, 6.07) is 5.89. The van der Waals surface area contributed by atoms with E-state index >= 15 is 0 Å². The molecule has 0 aliphatic rings. The molecule has 102 valence electrons. The summed E-state index contributed by atoms with van der Waals surface area (Å²) in [6.07, 6.45) is 3.55. The zero-order valence-electron chi connectivity index (χ0n) is 11.3. The summed E-state index contributed by atoms with van der Waals surface area (Å²) < 4.78 is 13.6. The van der Waals surface area contributed by atoms with Gasteiger partial charge in [0.05, 0.1) is 26.2 Å². The zero-order chi connectivity index (χ0) is 13.8. The van der Waals surface area contributed by atoms with Gasteiger partial charge in [-0.2, -0.15) is 0 Å². The van der Waals surface area contributed by atoms with Crippen molar-refractivity contribution in [3.05, 3.63) is 40.4 Å². The molecule has 4 nitrogen and oxygen atoms in total. The van der Waals surface area contributed by atoms with Crippen LogP contribution in [0, 0.1) is 0 Å². The van der Waals surface area contributed by atoms with Gasteiger partial charge in [-0.3, -0.25) is 0 Å². The molecule has 0 spiro atoms.